The van der Waals surface area contributed by atoms with E-state index in [0.29, 0.717) is 16.9 Å². The van der Waals surface area contributed by atoms with Crippen LogP contribution in [0.1, 0.15) is 20.7 Å². The van der Waals surface area contributed by atoms with E-state index in [1.54, 1.807) is 28.9 Å². The Labute approximate surface area is 152 Å². The molecule has 0 saturated carbocycles. The second-order valence-electron chi connectivity index (χ2n) is 5.47. The number of carbonyl (C=O) groups is 2. The number of imide groups is 1. The molecule has 0 spiro atoms. The third kappa shape index (κ3) is 2.10. The van der Waals surface area contributed by atoms with Gasteiger partial charge in [0.1, 0.15) is 0 Å². The standard InChI is InChI=1S/C18H12IN3O2/c1-21-15(11-7-3-2-4-8-11)14(19)16(20-21)22-17(23)12-9-5-6-10-13(12)18(22)24/h2-10H,1H3. The van der Waals surface area contributed by atoms with E-state index in [1.807, 2.05) is 37.4 Å². The summed E-state index contributed by atoms with van der Waals surface area (Å²) >= 11 is 2.14. The molecule has 0 aliphatic carbocycles. The molecule has 24 heavy (non-hydrogen) atoms. The van der Waals surface area contributed by atoms with Crippen molar-refractivity contribution in [2.75, 3.05) is 4.90 Å². The largest absolute Gasteiger partial charge is 0.268 e. The highest BCUT2D eigenvalue weighted by Crippen LogP contribution is 2.35. The Morgan fingerprint density at radius 2 is 1.42 bits per heavy atom. The maximum Gasteiger partial charge on any atom is 0.267 e. The van der Waals surface area contributed by atoms with E-state index in [1.165, 1.54) is 4.90 Å². The van der Waals surface area contributed by atoms with E-state index in [-0.39, 0.29) is 11.8 Å². The fourth-order valence-corrected chi connectivity index (χ4v) is 3.93. The van der Waals surface area contributed by atoms with Gasteiger partial charge in [-0.25, -0.2) is 4.90 Å². The number of hydrogen-bond acceptors (Lipinski definition) is 3. The third-order valence-corrected chi connectivity index (χ3v) is 5.02. The molecular formula is C18H12IN3O2. The first-order valence-corrected chi connectivity index (χ1v) is 8.43. The number of fused-ring (bicyclic) bond motifs is 1. The van der Waals surface area contributed by atoms with Gasteiger partial charge in [-0.3, -0.25) is 14.3 Å². The SMILES string of the molecule is Cn1nc(N2C(=O)c3ccccc3C2=O)c(I)c1-c1ccccc1. The predicted octanol–water partition coefficient (Wildman–Crippen LogP) is 3.49. The van der Waals surface area contributed by atoms with Gasteiger partial charge in [-0.2, -0.15) is 5.10 Å². The van der Waals surface area contributed by atoms with Crippen molar-refractivity contribution in [3.8, 4) is 11.3 Å². The summed E-state index contributed by atoms with van der Waals surface area (Å²) in [6, 6.07) is 16.6. The predicted molar refractivity (Wildman–Crippen MR) is 98.9 cm³/mol. The molecule has 5 nitrogen and oxygen atoms in total. The lowest BCUT2D eigenvalue weighted by molar-refractivity contribution is 0.0924. The van der Waals surface area contributed by atoms with Crippen LogP contribution in [-0.2, 0) is 7.05 Å². The van der Waals surface area contributed by atoms with Crippen molar-refractivity contribution in [1.29, 1.82) is 0 Å². The molecule has 3 aromatic rings. The number of amides is 2. The van der Waals surface area contributed by atoms with Gasteiger partial charge in [0, 0.05) is 12.6 Å². The van der Waals surface area contributed by atoms with Crippen molar-refractivity contribution in [1.82, 2.24) is 9.78 Å². The van der Waals surface area contributed by atoms with Gasteiger partial charge in [-0.05, 0) is 34.7 Å². The van der Waals surface area contributed by atoms with E-state index in [9.17, 15) is 9.59 Å². The van der Waals surface area contributed by atoms with Crippen LogP contribution in [0.5, 0.6) is 0 Å². The Kier molecular flexibility index (Phi) is 3.49. The van der Waals surface area contributed by atoms with Gasteiger partial charge in [0.05, 0.1) is 20.4 Å². The fourth-order valence-electron chi connectivity index (χ4n) is 2.92. The normalized spacial score (nSPS) is 13.5. The molecule has 0 fully saturated rings. The average Bonchev–Trinajstić information content (AvgIpc) is 3.03. The minimum atomic E-state index is -0.328. The Morgan fingerprint density at radius 3 is 2.00 bits per heavy atom. The van der Waals surface area contributed by atoms with Gasteiger partial charge in [-0.1, -0.05) is 42.5 Å². The quantitative estimate of drug-likeness (QED) is 0.463. The molecule has 0 radical (unpaired) electrons. The van der Waals surface area contributed by atoms with Crippen LogP contribution in [0.2, 0.25) is 0 Å². The van der Waals surface area contributed by atoms with Gasteiger partial charge in [0.2, 0.25) is 0 Å². The van der Waals surface area contributed by atoms with E-state index >= 15 is 0 Å². The van der Waals surface area contributed by atoms with Gasteiger partial charge in [-0.15, -0.1) is 0 Å². The van der Waals surface area contributed by atoms with Crippen molar-refractivity contribution in [3.63, 3.8) is 0 Å². The number of benzene rings is 2. The summed E-state index contributed by atoms with van der Waals surface area (Å²) in [7, 11) is 1.81. The summed E-state index contributed by atoms with van der Waals surface area (Å²) in [4.78, 5) is 26.5. The van der Waals surface area contributed by atoms with E-state index in [0.717, 1.165) is 14.8 Å². The molecule has 1 aromatic heterocycles. The molecule has 0 bridgehead atoms. The Morgan fingerprint density at radius 1 is 0.875 bits per heavy atom. The molecule has 6 heteroatoms. The molecule has 1 aliphatic rings. The molecule has 0 unspecified atom stereocenters. The lowest BCUT2D eigenvalue weighted by Gasteiger charge is -2.10. The molecule has 2 heterocycles. The summed E-state index contributed by atoms with van der Waals surface area (Å²) in [5, 5.41) is 4.45. The third-order valence-electron chi connectivity index (χ3n) is 4.03. The number of hydrogen-bond donors (Lipinski definition) is 0. The minimum Gasteiger partial charge on any atom is -0.268 e. The molecule has 1 aliphatic heterocycles. The zero-order chi connectivity index (χ0) is 16.8. The van der Waals surface area contributed by atoms with Crippen molar-refractivity contribution in [2.45, 2.75) is 0 Å². The second kappa shape index (κ2) is 5.55. The zero-order valence-corrected chi connectivity index (χ0v) is 14.9. The average molecular weight is 429 g/mol. The fraction of sp³-hybridized carbons (Fsp3) is 0.0556. The highest BCUT2D eigenvalue weighted by Gasteiger charge is 2.39. The van der Waals surface area contributed by atoms with E-state index in [2.05, 4.69) is 27.7 Å². The van der Waals surface area contributed by atoms with Crippen molar-refractivity contribution in [2.24, 2.45) is 7.05 Å². The summed E-state index contributed by atoms with van der Waals surface area (Å²) in [5.74, 6) is -0.277. The molecule has 4 rings (SSSR count). The van der Waals surface area contributed by atoms with Crippen molar-refractivity contribution in [3.05, 3.63) is 69.3 Å². The molecule has 0 N–H and O–H groups in total. The lowest BCUT2D eigenvalue weighted by Crippen LogP contribution is -2.30. The molecule has 2 amide bonds. The Hall–Kier alpha value is -2.48. The van der Waals surface area contributed by atoms with Crippen LogP contribution in [0.4, 0.5) is 5.82 Å². The van der Waals surface area contributed by atoms with Crippen LogP contribution in [0.15, 0.2) is 54.6 Å². The smallest absolute Gasteiger partial charge is 0.267 e. The number of anilines is 1. The summed E-state index contributed by atoms with van der Waals surface area (Å²) in [6.07, 6.45) is 0. The second-order valence-corrected chi connectivity index (χ2v) is 6.55. The van der Waals surface area contributed by atoms with Crippen molar-refractivity contribution < 1.29 is 9.59 Å². The van der Waals surface area contributed by atoms with Gasteiger partial charge >= 0.3 is 0 Å². The number of carbonyl (C=O) groups excluding carboxylic acids is 2. The maximum absolute atomic E-state index is 12.7. The molecule has 0 saturated heterocycles. The number of halogens is 1. The van der Waals surface area contributed by atoms with Gasteiger partial charge < -0.3 is 0 Å². The lowest BCUT2D eigenvalue weighted by atomic mass is 10.1. The number of aryl methyl sites for hydroxylation is 1. The molecule has 2 aromatic carbocycles. The molecule has 0 atom stereocenters. The maximum atomic E-state index is 12.7. The van der Waals surface area contributed by atoms with Crippen LogP contribution in [-0.4, -0.2) is 21.6 Å². The Bertz CT molecular complexity index is 944. The first-order chi connectivity index (χ1) is 11.6. The molecular weight excluding hydrogens is 417 g/mol. The highest BCUT2D eigenvalue weighted by molar-refractivity contribution is 14.1. The minimum absolute atomic E-state index is 0.328. The number of rotatable bonds is 2. The number of aromatic nitrogens is 2. The van der Waals surface area contributed by atoms with Gasteiger partial charge in [0.25, 0.3) is 11.8 Å². The highest BCUT2D eigenvalue weighted by atomic mass is 127. The Balaban J connectivity index is 1.86. The first-order valence-electron chi connectivity index (χ1n) is 7.35. The summed E-state index contributed by atoms with van der Waals surface area (Å²) < 4.78 is 2.48. The monoisotopic (exact) mass is 429 g/mol. The number of nitrogens with zero attached hydrogens (tertiary/aromatic N) is 3. The van der Waals surface area contributed by atoms with Crippen LogP contribution in [0, 0.1) is 3.57 Å². The summed E-state index contributed by atoms with van der Waals surface area (Å²) in [6.45, 7) is 0. The van der Waals surface area contributed by atoms with Gasteiger partial charge in [0.15, 0.2) is 5.82 Å². The summed E-state index contributed by atoms with van der Waals surface area (Å²) in [5.41, 5.74) is 2.71. The van der Waals surface area contributed by atoms with E-state index < -0.39 is 0 Å². The van der Waals surface area contributed by atoms with E-state index in [4.69, 9.17) is 0 Å². The van der Waals surface area contributed by atoms with Crippen molar-refractivity contribution >= 4 is 40.2 Å². The van der Waals surface area contributed by atoms with Crippen LogP contribution < -0.4 is 4.90 Å². The topological polar surface area (TPSA) is 55.2 Å². The molecule has 118 valence electrons. The first kappa shape index (κ1) is 15.1. The zero-order valence-electron chi connectivity index (χ0n) is 12.7. The van der Waals surface area contributed by atoms with Crippen LogP contribution >= 0.6 is 22.6 Å². The van der Waals surface area contributed by atoms with Crippen LogP contribution in [0.25, 0.3) is 11.3 Å². The van der Waals surface area contributed by atoms with Crippen LogP contribution in [0.3, 0.4) is 0 Å².